The van der Waals surface area contributed by atoms with E-state index in [1.807, 2.05) is 10.9 Å². The fourth-order valence-corrected chi connectivity index (χ4v) is 3.94. The molecule has 0 fully saturated rings. The molecule has 102 valence electrons. The fourth-order valence-electron chi connectivity index (χ4n) is 2.50. The highest BCUT2D eigenvalue weighted by Gasteiger charge is 2.23. The van der Waals surface area contributed by atoms with Gasteiger partial charge in [-0.2, -0.15) is 0 Å². The predicted octanol–water partition coefficient (Wildman–Crippen LogP) is 4.24. The Hall–Kier alpha value is -1.40. The van der Waals surface area contributed by atoms with Crippen molar-refractivity contribution in [3.63, 3.8) is 0 Å². The summed E-state index contributed by atoms with van der Waals surface area (Å²) in [5.74, 6) is 0.809. The van der Waals surface area contributed by atoms with Crippen LogP contribution in [0.5, 0.6) is 0 Å². The summed E-state index contributed by atoms with van der Waals surface area (Å²) in [6, 6.07) is 6.30. The standard InChI is InChI=1S/C14H12BrN3OS/c1-7-3-8(2)9-5-12(19-11(9)4-7)10-6-18-14(16-10)20-13(15)17-18/h3-6,13,17H,1-2H3. The molecule has 0 saturated carbocycles. The number of nitrogens with zero attached hydrogens (tertiary/aromatic N) is 2. The second kappa shape index (κ2) is 4.30. The summed E-state index contributed by atoms with van der Waals surface area (Å²) in [5.41, 5.74) is 7.45. The topological polar surface area (TPSA) is 43.0 Å². The molecule has 2 aromatic heterocycles. The number of furan rings is 1. The molecule has 1 atom stereocenters. The average Bonchev–Trinajstić information content (AvgIpc) is 2.99. The number of imidazole rings is 1. The maximum atomic E-state index is 5.95. The van der Waals surface area contributed by atoms with Crippen LogP contribution in [0, 0.1) is 13.8 Å². The summed E-state index contributed by atoms with van der Waals surface area (Å²) in [7, 11) is 0. The highest BCUT2D eigenvalue weighted by Crippen LogP contribution is 2.35. The minimum Gasteiger partial charge on any atom is -0.454 e. The number of aromatic nitrogens is 2. The second-order valence-electron chi connectivity index (χ2n) is 4.95. The van der Waals surface area contributed by atoms with Crippen LogP contribution in [0.1, 0.15) is 11.1 Å². The Morgan fingerprint density at radius 1 is 1.35 bits per heavy atom. The zero-order chi connectivity index (χ0) is 13.9. The third-order valence-electron chi connectivity index (χ3n) is 3.36. The molecule has 0 bridgehead atoms. The van der Waals surface area contributed by atoms with E-state index in [1.54, 1.807) is 11.8 Å². The lowest BCUT2D eigenvalue weighted by molar-refractivity contribution is 0.628. The first kappa shape index (κ1) is 12.3. The number of fused-ring (bicyclic) bond motifs is 2. The largest absolute Gasteiger partial charge is 0.454 e. The molecule has 3 aromatic rings. The second-order valence-corrected chi connectivity index (χ2v) is 7.54. The van der Waals surface area contributed by atoms with Crippen LogP contribution in [0.15, 0.2) is 34.0 Å². The van der Waals surface area contributed by atoms with Gasteiger partial charge in [0.2, 0.25) is 0 Å². The maximum Gasteiger partial charge on any atom is 0.190 e. The summed E-state index contributed by atoms with van der Waals surface area (Å²) < 4.78 is 8.06. The number of alkyl halides is 1. The molecule has 0 saturated heterocycles. The Kier molecular flexibility index (Phi) is 2.65. The minimum atomic E-state index is 0.180. The predicted molar refractivity (Wildman–Crippen MR) is 84.8 cm³/mol. The van der Waals surface area contributed by atoms with E-state index in [2.05, 4.69) is 58.4 Å². The van der Waals surface area contributed by atoms with Crippen molar-refractivity contribution < 1.29 is 4.42 Å². The van der Waals surface area contributed by atoms with Gasteiger partial charge in [-0.25, -0.2) is 9.66 Å². The Bertz CT molecular complexity index is 800. The van der Waals surface area contributed by atoms with Gasteiger partial charge in [0.25, 0.3) is 0 Å². The van der Waals surface area contributed by atoms with Crippen LogP contribution in [0.4, 0.5) is 0 Å². The number of rotatable bonds is 1. The van der Waals surface area contributed by atoms with Crippen molar-refractivity contribution in [2.75, 3.05) is 5.43 Å². The molecular formula is C14H12BrN3OS. The third-order valence-corrected chi connectivity index (χ3v) is 4.94. The van der Waals surface area contributed by atoms with E-state index in [0.29, 0.717) is 0 Å². The normalized spacial score (nSPS) is 17.4. The minimum absolute atomic E-state index is 0.180. The number of hydrogen-bond acceptors (Lipinski definition) is 4. The van der Waals surface area contributed by atoms with Gasteiger partial charge in [0, 0.05) is 5.39 Å². The zero-order valence-corrected chi connectivity index (χ0v) is 13.4. The van der Waals surface area contributed by atoms with Gasteiger partial charge in [0.1, 0.15) is 15.6 Å². The van der Waals surface area contributed by atoms with Crippen LogP contribution in [0.25, 0.3) is 22.4 Å². The molecule has 6 heteroatoms. The molecule has 4 nitrogen and oxygen atoms in total. The Labute approximate surface area is 128 Å². The van der Waals surface area contributed by atoms with Crippen LogP contribution in [0.2, 0.25) is 0 Å². The molecular weight excluding hydrogens is 338 g/mol. The number of aryl methyl sites for hydroxylation is 2. The van der Waals surface area contributed by atoms with Crippen LogP contribution in [-0.2, 0) is 0 Å². The molecule has 1 aliphatic heterocycles. The van der Waals surface area contributed by atoms with Gasteiger partial charge >= 0.3 is 0 Å². The van der Waals surface area contributed by atoms with Crippen LogP contribution < -0.4 is 5.43 Å². The van der Waals surface area contributed by atoms with Gasteiger partial charge in [-0.15, -0.1) is 0 Å². The molecule has 1 aliphatic rings. The number of nitrogens with one attached hydrogen (secondary N) is 1. The summed E-state index contributed by atoms with van der Waals surface area (Å²) in [4.78, 5) is 4.60. The Morgan fingerprint density at radius 3 is 3.00 bits per heavy atom. The lowest BCUT2D eigenvalue weighted by atomic mass is 10.1. The summed E-state index contributed by atoms with van der Waals surface area (Å²) in [6.45, 7) is 4.19. The summed E-state index contributed by atoms with van der Waals surface area (Å²) >= 11 is 5.13. The number of thioether (sulfide) groups is 1. The quantitative estimate of drug-likeness (QED) is 0.527. The van der Waals surface area contributed by atoms with E-state index in [9.17, 15) is 0 Å². The Balaban J connectivity index is 1.83. The molecule has 3 heterocycles. The molecule has 1 aromatic carbocycles. The molecule has 0 amide bonds. The zero-order valence-electron chi connectivity index (χ0n) is 11.0. The smallest absolute Gasteiger partial charge is 0.190 e. The molecule has 0 spiro atoms. The van der Waals surface area contributed by atoms with E-state index < -0.39 is 0 Å². The van der Waals surface area contributed by atoms with Crippen LogP contribution >= 0.6 is 27.7 Å². The van der Waals surface area contributed by atoms with Crippen LogP contribution in [-0.4, -0.2) is 13.9 Å². The molecule has 20 heavy (non-hydrogen) atoms. The van der Waals surface area contributed by atoms with Crippen molar-refractivity contribution in [1.82, 2.24) is 9.66 Å². The van der Waals surface area contributed by atoms with Gasteiger partial charge in [0.15, 0.2) is 10.9 Å². The van der Waals surface area contributed by atoms with E-state index in [-0.39, 0.29) is 4.28 Å². The number of hydrogen-bond donors (Lipinski definition) is 1. The van der Waals surface area contributed by atoms with Gasteiger partial charge < -0.3 is 4.42 Å². The van der Waals surface area contributed by atoms with E-state index in [0.717, 1.165) is 27.6 Å². The summed E-state index contributed by atoms with van der Waals surface area (Å²) in [5, 5.41) is 2.09. The lowest BCUT2D eigenvalue weighted by Gasteiger charge is -1.99. The van der Waals surface area contributed by atoms with Crippen LogP contribution in [0.3, 0.4) is 0 Å². The fraction of sp³-hybridized carbons (Fsp3) is 0.214. The highest BCUT2D eigenvalue weighted by atomic mass is 79.9. The molecule has 0 aliphatic carbocycles. The first-order chi connectivity index (χ1) is 9.60. The SMILES string of the molecule is Cc1cc(C)c2cc(-c3cn4c(n3)SC(Br)N4)oc2c1. The number of benzene rings is 1. The van der Waals surface area contributed by atoms with Crippen molar-refractivity contribution in [2.45, 2.75) is 23.3 Å². The van der Waals surface area contributed by atoms with Gasteiger partial charge in [-0.05, 0) is 48.9 Å². The van der Waals surface area contributed by atoms with Crippen molar-refractivity contribution in [1.29, 1.82) is 0 Å². The Morgan fingerprint density at radius 2 is 2.20 bits per heavy atom. The third kappa shape index (κ3) is 1.86. The maximum absolute atomic E-state index is 5.95. The molecule has 0 radical (unpaired) electrons. The van der Waals surface area contributed by atoms with E-state index in [4.69, 9.17) is 4.42 Å². The summed E-state index contributed by atoms with van der Waals surface area (Å²) in [6.07, 6.45) is 1.96. The lowest BCUT2D eigenvalue weighted by Crippen LogP contribution is -2.11. The first-order valence-corrected chi connectivity index (χ1v) is 8.07. The molecule has 1 N–H and O–H groups in total. The van der Waals surface area contributed by atoms with Gasteiger partial charge in [-0.3, -0.25) is 5.43 Å². The monoisotopic (exact) mass is 349 g/mol. The first-order valence-electron chi connectivity index (χ1n) is 6.28. The molecule has 4 rings (SSSR count). The van der Waals surface area contributed by atoms with E-state index >= 15 is 0 Å². The van der Waals surface area contributed by atoms with Crippen molar-refractivity contribution in [3.05, 3.63) is 35.5 Å². The highest BCUT2D eigenvalue weighted by molar-refractivity contribution is 9.11. The van der Waals surface area contributed by atoms with Gasteiger partial charge in [0.05, 0.1) is 6.20 Å². The average molecular weight is 350 g/mol. The van der Waals surface area contributed by atoms with E-state index in [1.165, 1.54) is 11.1 Å². The number of halogens is 1. The van der Waals surface area contributed by atoms with Crippen molar-refractivity contribution in [2.24, 2.45) is 0 Å². The molecule has 1 unspecified atom stereocenters. The van der Waals surface area contributed by atoms with Crippen molar-refractivity contribution in [3.8, 4) is 11.5 Å². The van der Waals surface area contributed by atoms with Gasteiger partial charge in [-0.1, -0.05) is 22.0 Å². The van der Waals surface area contributed by atoms with Crippen molar-refractivity contribution >= 4 is 38.7 Å².